The Bertz CT molecular complexity index is 479. The van der Waals surface area contributed by atoms with Gasteiger partial charge < -0.3 is 15.2 Å². The Morgan fingerprint density at radius 3 is 2.82 bits per heavy atom. The molecule has 0 fully saturated rings. The molecule has 7 nitrogen and oxygen atoms in total. The van der Waals surface area contributed by atoms with Crippen LogP contribution in [0.15, 0.2) is 18.7 Å². The molecule has 0 atom stereocenters. The second kappa shape index (κ2) is 5.24. The first kappa shape index (κ1) is 11.3. The molecule has 0 saturated carbocycles. The average molecular weight is 233 g/mol. The lowest BCUT2D eigenvalue weighted by Crippen LogP contribution is -2.10. The standard InChI is InChI=1S/C10H15N7/c1-11-8-5-12-6-9(15-8)13-4-3-10-16-14-7-17(10)2/h5-7H,3-4H2,1-2H3,(H2,11,13,15). The van der Waals surface area contributed by atoms with Crippen molar-refractivity contribution in [2.75, 3.05) is 24.2 Å². The van der Waals surface area contributed by atoms with Crippen LogP contribution in [0.3, 0.4) is 0 Å². The van der Waals surface area contributed by atoms with Crippen LogP contribution in [0.1, 0.15) is 5.82 Å². The number of nitrogens with zero attached hydrogens (tertiary/aromatic N) is 5. The SMILES string of the molecule is CNc1cncc(NCCc2nncn2C)n1. The van der Waals surface area contributed by atoms with E-state index in [0.29, 0.717) is 0 Å². The summed E-state index contributed by atoms with van der Waals surface area (Å²) in [5.74, 6) is 2.43. The smallest absolute Gasteiger partial charge is 0.146 e. The van der Waals surface area contributed by atoms with Crippen LogP contribution in [-0.4, -0.2) is 38.3 Å². The monoisotopic (exact) mass is 233 g/mol. The average Bonchev–Trinajstić information content (AvgIpc) is 2.76. The summed E-state index contributed by atoms with van der Waals surface area (Å²) in [4.78, 5) is 8.37. The summed E-state index contributed by atoms with van der Waals surface area (Å²) in [5, 5.41) is 14.0. The summed E-state index contributed by atoms with van der Waals surface area (Å²) in [6, 6.07) is 0. The third-order valence-corrected chi connectivity index (χ3v) is 2.35. The molecule has 0 amide bonds. The van der Waals surface area contributed by atoms with E-state index >= 15 is 0 Å². The Labute approximate surface area is 99.3 Å². The van der Waals surface area contributed by atoms with Crippen LogP contribution in [0.2, 0.25) is 0 Å². The number of aryl methyl sites for hydroxylation is 1. The molecular formula is C10H15N7. The van der Waals surface area contributed by atoms with Gasteiger partial charge in [0.2, 0.25) is 0 Å². The highest BCUT2D eigenvalue weighted by Crippen LogP contribution is 2.05. The van der Waals surface area contributed by atoms with Crippen LogP contribution in [0.25, 0.3) is 0 Å². The van der Waals surface area contributed by atoms with Gasteiger partial charge in [0.1, 0.15) is 23.8 Å². The van der Waals surface area contributed by atoms with E-state index in [4.69, 9.17) is 0 Å². The van der Waals surface area contributed by atoms with Gasteiger partial charge >= 0.3 is 0 Å². The molecule has 0 aliphatic rings. The van der Waals surface area contributed by atoms with Crippen molar-refractivity contribution in [3.63, 3.8) is 0 Å². The summed E-state index contributed by atoms with van der Waals surface area (Å²) in [6.07, 6.45) is 5.85. The van der Waals surface area contributed by atoms with Crippen molar-refractivity contribution < 1.29 is 0 Å². The van der Waals surface area contributed by atoms with Crippen LogP contribution in [0.5, 0.6) is 0 Å². The lowest BCUT2D eigenvalue weighted by Gasteiger charge is -2.06. The van der Waals surface area contributed by atoms with Gasteiger partial charge in [-0.2, -0.15) is 0 Å². The number of aromatic nitrogens is 5. The fraction of sp³-hybridized carbons (Fsp3) is 0.400. The highest BCUT2D eigenvalue weighted by atomic mass is 15.2. The lowest BCUT2D eigenvalue weighted by molar-refractivity contribution is 0.787. The number of anilines is 2. The second-order valence-corrected chi connectivity index (χ2v) is 3.57. The quantitative estimate of drug-likeness (QED) is 0.773. The van der Waals surface area contributed by atoms with Gasteiger partial charge in [0.25, 0.3) is 0 Å². The summed E-state index contributed by atoms with van der Waals surface area (Å²) in [7, 11) is 3.74. The minimum Gasteiger partial charge on any atom is -0.372 e. The number of hydrogen-bond donors (Lipinski definition) is 2. The van der Waals surface area contributed by atoms with E-state index in [1.165, 1.54) is 0 Å². The normalized spacial score (nSPS) is 10.2. The summed E-state index contributed by atoms with van der Waals surface area (Å²) < 4.78 is 1.90. The van der Waals surface area contributed by atoms with Crippen molar-refractivity contribution in [1.29, 1.82) is 0 Å². The Balaban J connectivity index is 1.87. The third kappa shape index (κ3) is 2.90. The molecule has 0 bridgehead atoms. The molecule has 2 heterocycles. The molecule has 0 spiro atoms. The molecule has 0 aromatic carbocycles. The van der Waals surface area contributed by atoms with E-state index in [0.717, 1.165) is 30.4 Å². The largest absolute Gasteiger partial charge is 0.372 e. The zero-order chi connectivity index (χ0) is 12.1. The Kier molecular flexibility index (Phi) is 3.49. The van der Waals surface area contributed by atoms with Gasteiger partial charge in [-0.25, -0.2) is 4.98 Å². The number of hydrogen-bond acceptors (Lipinski definition) is 6. The maximum absolute atomic E-state index is 4.30. The van der Waals surface area contributed by atoms with Crippen LogP contribution < -0.4 is 10.6 Å². The van der Waals surface area contributed by atoms with Gasteiger partial charge in [-0.05, 0) is 0 Å². The molecule has 0 aliphatic carbocycles. The van der Waals surface area contributed by atoms with Gasteiger partial charge in [0.15, 0.2) is 0 Å². The van der Waals surface area contributed by atoms with E-state index < -0.39 is 0 Å². The summed E-state index contributed by atoms with van der Waals surface area (Å²) in [6.45, 7) is 0.744. The van der Waals surface area contributed by atoms with Gasteiger partial charge in [0.05, 0.1) is 12.4 Å². The fourth-order valence-electron chi connectivity index (χ4n) is 1.41. The first-order valence-corrected chi connectivity index (χ1v) is 5.36. The highest BCUT2D eigenvalue weighted by Gasteiger charge is 2.01. The van der Waals surface area contributed by atoms with E-state index in [1.807, 2.05) is 18.7 Å². The fourth-order valence-corrected chi connectivity index (χ4v) is 1.41. The van der Waals surface area contributed by atoms with Gasteiger partial charge in [-0.1, -0.05) is 0 Å². The first-order chi connectivity index (χ1) is 8.29. The maximum atomic E-state index is 4.30. The molecule has 0 saturated heterocycles. The zero-order valence-corrected chi connectivity index (χ0v) is 9.88. The van der Waals surface area contributed by atoms with E-state index in [9.17, 15) is 0 Å². The molecular weight excluding hydrogens is 218 g/mol. The molecule has 90 valence electrons. The van der Waals surface area contributed by atoms with Crippen molar-refractivity contribution in [1.82, 2.24) is 24.7 Å². The van der Waals surface area contributed by atoms with E-state index in [1.54, 1.807) is 18.7 Å². The minimum atomic E-state index is 0.744. The molecule has 7 heteroatoms. The number of rotatable bonds is 5. The van der Waals surface area contributed by atoms with Crippen LogP contribution >= 0.6 is 0 Å². The lowest BCUT2D eigenvalue weighted by atomic mass is 10.4. The van der Waals surface area contributed by atoms with Crippen LogP contribution in [0, 0.1) is 0 Å². The minimum absolute atomic E-state index is 0.744. The number of nitrogens with one attached hydrogen (secondary N) is 2. The Morgan fingerprint density at radius 2 is 2.12 bits per heavy atom. The predicted molar refractivity (Wildman–Crippen MR) is 64.8 cm³/mol. The Hall–Kier alpha value is -2.18. The third-order valence-electron chi connectivity index (χ3n) is 2.35. The predicted octanol–water partition coefficient (Wildman–Crippen LogP) is 0.301. The van der Waals surface area contributed by atoms with Crippen molar-refractivity contribution in [2.24, 2.45) is 7.05 Å². The van der Waals surface area contributed by atoms with Crippen molar-refractivity contribution in [3.05, 3.63) is 24.5 Å². The molecule has 0 unspecified atom stereocenters. The second-order valence-electron chi connectivity index (χ2n) is 3.57. The molecule has 17 heavy (non-hydrogen) atoms. The van der Waals surface area contributed by atoms with E-state index in [2.05, 4.69) is 30.8 Å². The van der Waals surface area contributed by atoms with Crippen LogP contribution in [-0.2, 0) is 13.5 Å². The topological polar surface area (TPSA) is 80.5 Å². The molecule has 2 aromatic heterocycles. The molecule has 2 aromatic rings. The summed E-state index contributed by atoms with van der Waals surface area (Å²) in [5.41, 5.74) is 0. The first-order valence-electron chi connectivity index (χ1n) is 5.36. The molecule has 2 N–H and O–H groups in total. The van der Waals surface area contributed by atoms with Gasteiger partial charge in [-0.3, -0.25) is 4.98 Å². The Morgan fingerprint density at radius 1 is 1.29 bits per heavy atom. The maximum Gasteiger partial charge on any atom is 0.146 e. The van der Waals surface area contributed by atoms with Gasteiger partial charge in [0, 0.05) is 27.1 Å². The summed E-state index contributed by atoms with van der Waals surface area (Å²) >= 11 is 0. The molecule has 2 rings (SSSR count). The van der Waals surface area contributed by atoms with Crippen molar-refractivity contribution in [2.45, 2.75) is 6.42 Å². The van der Waals surface area contributed by atoms with Crippen LogP contribution in [0.4, 0.5) is 11.6 Å². The molecule has 0 aliphatic heterocycles. The highest BCUT2D eigenvalue weighted by molar-refractivity contribution is 5.40. The zero-order valence-electron chi connectivity index (χ0n) is 9.88. The van der Waals surface area contributed by atoms with Crippen molar-refractivity contribution in [3.8, 4) is 0 Å². The van der Waals surface area contributed by atoms with Gasteiger partial charge in [-0.15, -0.1) is 10.2 Å². The molecule has 0 radical (unpaired) electrons. The van der Waals surface area contributed by atoms with E-state index in [-0.39, 0.29) is 0 Å². The van der Waals surface area contributed by atoms with Crippen molar-refractivity contribution >= 4 is 11.6 Å².